The lowest BCUT2D eigenvalue weighted by atomic mass is 10.1. The van der Waals surface area contributed by atoms with Crippen molar-refractivity contribution in [2.45, 2.75) is 13.5 Å². The molecule has 29 heavy (non-hydrogen) atoms. The zero-order chi connectivity index (χ0) is 20.6. The number of benzene rings is 3. The van der Waals surface area contributed by atoms with Gasteiger partial charge in [-0.25, -0.2) is 0 Å². The van der Waals surface area contributed by atoms with Crippen LogP contribution < -0.4 is 10.1 Å². The van der Waals surface area contributed by atoms with Crippen LogP contribution in [0.5, 0.6) is 5.75 Å². The summed E-state index contributed by atoms with van der Waals surface area (Å²) >= 11 is 6.13. The van der Waals surface area contributed by atoms with Crippen LogP contribution in [0.1, 0.15) is 16.7 Å². The maximum Gasteiger partial charge on any atom is 0.266 e. The number of amides is 1. The Kier molecular flexibility index (Phi) is 6.67. The van der Waals surface area contributed by atoms with E-state index >= 15 is 0 Å². The summed E-state index contributed by atoms with van der Waals surface area (Å²) in [5.74, 6) is 0.222. The highest BCUT2D eigenvalue weighted by Gasteiger charge is 2.09. The lowest BCUT2D eigenvalue weighted by Gasteiger charge is -2.08. The second kappa shape index (κ2) is 9.59. The quantitative estimate of drug-likeness (QED) is 0.420. The zero-order valence-corrected chi connectivity index (χ0v) is 16.6. The minimum Gasteiger partial charge on any atom is -0.489 e. The Hall–Kier alpha value is -3.55. The van der Waals surface area contributed by atoms with Crippen molar-refractivity contribution in [2.75, 3.05) is 5.32 Å². The molecule has 0 saturated carbocycles. The maximum absolute atomic E-state index is 12.4. The number of rotatable bonds is 6. The lowest BCUT2D eigenvalue weighted by Crippen LogP contribution is -2.13. The third-order valence-corrected chi connectivity index (χ3v) is 4.59. The Morgan fingerprint density at radius 3 is 2.41 bits per heavy atom. The van der Waals surface area contributed by atoms with Crippen LogP contribution in [0.15, 0.2) is 78.4 Å². The van der Waals surface area contributed by atoms with Gasteiger partial charge in [-0.2, -0.15) is 5.26 Å². The van der Waals surface area contributed by atoms with Gasteiger partial charge in [-0.3, -0.25) is 4.79 Å². The van der Waals surface area contributed by atoms with E-state index in [-0.39, 0.29) is 5.57 Å². The molecule has 0 aliphatic carbocycles. The molecular formula is C24H19ClN2O2. The SMILES string of the molecule is Cc1ccc(NC(=O)/C(C#N)=C/c2ccc(OCc3ccccc3Cl)cc2)cc1. The van der Waals surface area contributed by atoms with Gasteiger partial charge in [0.05, 0.1) is 0 Å². The maximum atomic E-state index is 12.4. The molecule has 1 amide bonds. The van der Waals surface area contributed by atoms with Crippen molar-refractivity contribution in [3.8, 4) is 11.8 Å². The zero-order valence-electron chi connectivity index (χ0n) is 15.9. The third-order valence-electron chi connectivity index (χ3n) is 4.22. The highest BCUT2D eigenvalue weighted by atomic mass is 35.5. The molecule has 0 aromatic heterocycles. The van der Waals surface area contributed by atoms with Crippen molar-refractivity contribution in [1.29, 1.82) is 5.26 Å². The minimum absolute atomic E-state index is 0.0234. The monoisotopic (exact) mass is 402 g/mol. The van der Waals surface area contributed by atoms with Crippen LogP contribution in [0.4, 0.5) is 5.69 Å². The average molecular weight is 403 g/mol. The van der Waals surface area contributed by atoms with Gasteiger partial charge in [-0.05, 0) is 48.9 Å². The topological polar surface area (TPSA) is 62.1 Å². The Balaban J connectivity index is 1.65. The van der Waals surface area contributed by atoms with Crippen LogP contribution in [0.2, 0.25) is 5.02 Å². The number of hydrogen-bond donors (Lipinski definition) is 1. The molecule has 0 aliphatic rings. The van der Waals surface area contributed by atoms with Crippen LogP contribution >= 0.6 is 11.6 Å². The Morgan fingerprint density at radius 2 is 1.76 bits per heavy atom. The summed E-state index contributed by atoms with van der Waals surface area (Å²) in [6.45, 7) is 2.32. The van der Waals surface area contributed by atoms with Crippen molar-refractivity contribution in [1.82, 2.24) is 0 Å². The van der Waals surface area contributed by atoms with E-state index in [9.17, 15) is 10.1 Å². The summed E-state index contributed by atoms with van der Waals surface area (Å²) in [4.78, 5) is 12.4. The standard InChI is InChI=1S/C24H19ClN2O2/c1-17-6-10-21(11-7-17)27-24(28)20(15-26)14-18-8-12-22(13-9-18)29-16-19-4-2-3-5-23(19)25/h2-14H,16H2,1H3,(H,27,28)/b20-14+. The van der Waals surface area contributed by atoms with Gasteiger partial charge < -0.3 is 10.1 Å². The van der Waals surface area contributed by atoms with Gasteiger partial charge in [-0.15, -0.1) is 0 Å². The van der Waals surface area contributed by atoms with E-state index in [1.807, 2.05) is 49.4 Å². The molecule has 0 spiro atoms. The predicted molar refractivity (Wildman–Crippen MR) is 116 cm³/mol. The molecule has 3 aromatic rings. The Bertz CT molecular complexity index is 1070. The van der Waals surface area contributed by atoms with E-state index in [1.165, 1.54) is 0 Å². The molecule has 0 fully saturated rings. The lowest BCUT2D eigenvalue weighted by molar-refractivity contribution is -0.112. The van der Waals surface area contributed by atoms with E-state index < -0.39 is 5.91 Å². The number of anilines is 1. The molecule has 1 N–H and O–H groups in total. The van der Waals surface area contributed by atoms with E-state index in [4.69, 9.17) is 16.3 Å². The summed E-state index contributed by atoms with van der Waals surface area (Å²) in [5.41, 5.74) is 3.39. The van der Waals surface area contributed by atoms with Crippen LogP contribution in [0, 0.1) is 18.3 Å². The fraction of sp³-hybridized carbons (Fsp3) is 0.0833. The second-order valence-corrected chi connectivity index (χ2v) is 6.85. The molecule has 3 aromatic carbocycles. The number of nitrogens with one attached hydrogen (secondary N) is 1. The van der Waals surface area contributed by atoms with Crippen LogP contribution in [-0.4, -0.2) is 5.91 Å². The largest absolute Gasteiger partial charge is 0.489 e. The molecule has 3 rings (SSSR count). The molecule has 0 saturated heterocycles. The number of carbonyl (C=O) groups excluding carboxylic acids is 1. The third kappa shape index (κ3) is 5.71. The summed E-state index contributed by atoms with van der Waals surface area (Å²) in [5, 5.41) is 12.7. The minimum atomic E-state index is -0.449. The molecule has 0 heterocycles. The summed E-state index contributed by atoms with van der Waals surface area (Å²) in [6.07, 6.45) is 1.54. The van der Waals surface area contributed by atoms with Gasteiger partial charge in [0.15, 0.2) is 0 Å². The summed E-state index contributed by atoms with van der Waals surface area (Å²) in [6, 6.07) is 24.0. The number of nitrogens with zero attached hydrogens (tertiary/aromatic N) is 1. The highest BCUT2D eigenvalue weighted by Crippen LogP contribution is 2.20. The van der Waals surface area contributed by atoms with Crippen molar-refractivity contribution < 1.29 is 9.53 Å². The molecule has 4 nitrogen and oxygen atoms in total. The molecule has 0 radical (unpaired) electrons. The van der Waals surface area contributed by atoms with Gasteiger partial charge in [0.2, 0.25) is 0 Å². The van der Waals surface area contributed by atoms with Gasteiger partial charge in [0.25, 0.3) is 5.91 Å². The van der Waals surface area contributed by atoms with Crippen LogP contribution in [-0.2, 0) is 11.4 Å². The van der Waals surface area contributed by atoms with Gasteiger partial charge >= 0.3 is 0 Å². The number of carbonyl (C=O) groups is 1. The Morgan fingerprint density at radius 1 is 1.07 bits per heavy atom. The van der Waals surface area contributed by atoms with Crippen LogP contribution in [0.25, 0.3) is 6.08 Å². The first kappa shape index (κ1) is 20.2. The smallest absolute Gasteiger partial charge is 0.266 e. The fourth-order valence-corrected chi connectivity index (χ4v) is 2.78. The summed E-state index contributed by atoms with van der Waals surface area (Å²) in [7, 11) is 0. The second-order valence-electron chi connectivity index (χ2n) is 6.44. The number of hydrogen-bond acceptors (Lipinski definition) is 3. The number of nitriles is 1. The van der Waals surface area contributed by atoms with Gasteiger partial charge in [0, 0.05) is 16.3 Å². The fourth-order valence-electron chi connectivity index (χ4n) is 2.59. The van der Waals surface area contributed by atoms with Crippen LogP contribution in [0.3, 0.4) is 0 Å². The number of halogens is 1. The molecular weight excluding hydrogens is 384 g/mol. The van der Waals surface area contributed by atoms with E-state index in [0.29, 0.717) is 23.1 Å². The Labute approximate surface area is 175 Å². The summed E-state index contributed by atoms with van der Waals surface area (Å²) < 4.78 is 5.75. The van der Waals surface area contributed by atoms with Crippen molar-refractivity contribution in [3.05, 3.63) is 100 Å². The first-order valence-corrected chi connectivity index (χ1v) is 9.39. The molecule has 144 valence electrons. The van der Waals surface area contributed by atoms with E-state index in [0.717, 1.165) is 16.7 Å². The molecule has 5 heteroatoms. The molecule has 0 atom stereocenters. The predicted octanol–water partition coefficient (Wildman–Crippen LogP) is 5.77. The van der Waals surface area contributed by atoms with Crippen molar-refractivity contribution in [2.24, 2.45) is 0 Å². The average Bonchev–Trinajstić information content (AvgIpc) is 2.74. The normalized spacial score (nSPS) is 10.9. The van der Waals surface area contributed by atoms with E-state index in [1.54, 1.807) is 42.5 Å². The first-order chi connectivity index (χ1) is 14.0. The van der Waals surface area contributed by atoms with E-state index in [2.05, 4.69) is 5.32 Å². The van der Waals surface area contributed by atoms with Crippen molar-refractivity contribution in [3.63, 3.8) is 0 Å². The number of ether oxygens (including phenoxy) is 1. The van der Waals surface area contributed by atoms with Gasteiger partial charge in [0.1, 0.15) is 24.0 Å². The number of aryl methyl sites for hydroxylation is 1. The van der Waals surface area contributed by atoms with Gasteiger partial charge in [-0.1, -0.05) is 59.6 Å². The molecule has 0 bridgehead atoms. The molecule has 0 unspecified atom stereocenters. The first-order valence-electron chi connectivity index (χ1n) is 9.01. The van der Waals surface area contributed by atoms with Crippen molar-refractivity contribution >= 4 is 29.3 Å². The highest BCUT2D eigenvalue weighted by molar-refractivity contribution is 6.31. The molecule has 0 aliphatic heterocycles.